The first-order valence-corrected chi connectivity index (χ1v) is 11.5. The molecular formula is C19H14ClF3N4O5S. The minimum Gasteiger partial charge on any atom is -0.619 e. The summed E-state index contributed by atoms with van der Waals surface area (Å²) in [6.45, 7) is -0.0179. The van der Waals surface area contributed by atoms with Crippen molar-refractivity contribution < 1.29 is 35.9 Å². The van der Waals surface area contributed by atoms with Gasteiger partial charge in [0, 0.05) is 23.2 Å². The number of aromatic nitrogens is 3. The molecule has 2 aromatic heterocycles. The number of sulfone groups is 1. The van der Waals surface area contributed by atoms with Crippen molar-refractivity contribution in [2.75, 3.05) is 18.2 Å². The van der Waals surface area contributed by atoms with Crippen LogP contribution < -0.4 is 9.47 Å². The molecule has 0 aliphatic carbocycles. The number of pyridine rings is 1. The quantitative estimate of drug-likeness (QED) is 0.401. The number of nitrogens with zero attached hydrogens (tertiary/aromatic N) is 4. The number of hydrogen-bond acceptors (Lipinski definition) is 6. The van der Waals surface area contributed by atoms with E-state index in [9.17, 15) is 31.6 Å². The smallest absolute Gasteiger partial charge is 0.573 e. The van der Waals surface area contributed by atoms with Crippen LogP contribution in [0.4, 0.5) is 13.2 Å². The van der Waals surface area contributed by atoms with Gasteiger partial charge in [0.1, 0.15) is 17.3 Å². The Kier molecular flexibility index (Phi) is 5.70. The molecule has 0 unspecified atom stereocenters. The van der Waals surface area contributed by atoms with E-state index in [2.05, 4.69) is 9.84 Å². The number of benzene rings is 1. The van der Waals surface area contributed by atoms with E-state index < -0.39 is 33.7 Å². The molecule has 0 spiro atoms. The second-order valence-electron chi connectivity index (χ2n) is 7.12. The van der Waals surface area contributed by atoms with Crippen molar-refractivity contribution >= 4 is 27.3 Å². The van der Waals surface area contributed by atoms with Crippen LogP contribution in [-0.4, -0.2) is 53.5 Å². The van der Waals surface area contributed by atoms with Crippen LogP contribution in [0.15, 0.2) is 48.8 Å². The van der Waals surface area contributed by atoms with Gasteiger partial charge in [-0.3, -0.25) is 4.79 Å². The highest BCUT2D eigenvalue weighted by Crippen LogP contribution is 2.33. The summed E-state index contributed by atoms with van der Waals surface area (Å²) < 4.78 is 67.3. The number of carbonyl (C=O) groups excluding carboxylic acids is 1. The van der Waals surface area contributed by atoms with Gasteiger partial charge in [0.2, 0.25) is 6.20 Å². The standard InChI is InChI=1S/C19H14ClF3N4O5S/c20-13-6-12(7-15(8-13)32-19(21,22)23)17-9-16(18(28)25-4-5-33(30,31)11-25)24-27(17)14-2-1-3-26(29)10-14/h1-3,6-10H,4-5,11H2. The van der Waals surface area contributed by atoms with Gasteiger partial charge in [-0.15, -0.1) is 13.2 Å². The topological polar surface area (TPSA) is 108 Å². The van der Waals surface area contributed by atoms with E-state index >= 15 is 0 Å². The summed E-state index contributed by atoms with van der Waals surface area (Å²) in [4.78, 5) is 14.0. The van der Waals surface area contributed by atoms with Crippen LogP contribution >= 0.6 is 11.6 Å². The van der Waals surface area contributed by atoms with E-state index in [4.69, 9.17) is 11.6 Å². The maximum atomic E-state index is 12.9. The molecule has 0 radical (unpaired) electrons. The number of amides is 1. The molecule has 1 aliphatic heterocycles. The Morgan fingerprint density at radius 2 is 2.00 bits per heavy atom. The molecule has 0 saturated carbocycles. The molecule has 1 fully saturated rings. The largest absolute Gasteiger partial charge is 0.619 e. The van der Waals surface area contributed by atoms with Crippen LogP contribution in [0.5, 0.6) is 5.75 Å². The Morgan fingerprint density at radius 3 is 2.64 bits per heavy atom. The fraction of sp³-hybridized carbons (Fsp3) is 0.211. The van der Waals surface area contributed by atoms with E-state index in [1.165, 1.54) is 35.1 Å². The minimum atomic E-state index is -4.96. The summed E-state index contributed by atoms with van der Waals surface area (Å²) >= 11 is 5.98. The zero-order valence-electron chi connectivity index (χ0n) is 16.5. The lowest BCUT2D eigenvalue weighted by molar-refractivity contribution is -0.605. The van der Waals surface area contributed by atoms with Gasteiger partial charge in [-0.2, -0.15) is 9.83 Å². The summed E-state index contributed by atoms with van der Waals surface area (Å²) in [5.74, 6) is -1.94. The third-order valence-electron chi connectivity index (χ3n) is 4.65. The summed E-state index contributed by atoms with van der Waals surface area (Å²) in [5, 5.41) is 15.9. The number of ether oxygens (including phenoxy) is 1. The molecule has 1 amide bonds. The van der Waals surface area contributed by atoms with E-state index in [1.54, 1.807) is 0 Å². The Bertz CT molecular complexity index is 1340. The van der Waals surface area contributed by atoms with Crippen molar-refractivity contribution in [3.05, 3.63) is 64.7 Å². The average molecular weight is 503 g/mol. The molecule has 0 bridgehead atoms. The molecule has 0 N–H and O–H groups in total. The molecule has 0 atom stereocenters. The SMILES string of the molecule is O=C(c1cc(-c2cc(Cl)cc(OC(F)(F)F)c2)n(-c2ccc[n+]([O-])c2)n1)N1CCS(=O)(=O)C1. The van der Waals surface area contributed by atoms with Crippen molar-refractivity contribution in [1.82, 2.24) is 14.7 Å². The predicted octanol–water partition coefficient (Wildman–Crippen LogP) is 2.55. The van der Waals surface area contributed by atoms with E-state index in [0.29, 0.717) is 4.73 Å². The lowest BCUT2D eigenvalue weighted by Crippen LogP contribution is -2.29. The molecular weight excluding hydrogens is 489 g/mol. The molecule has 3 aromatic rings. The van der Waals surface area contributed by atoms with Gasteiger partial charge >= 0.3 is 6.36 Å². The molecule has 9 nitrogen and oxygen atoms in total. The maximum Gasteiger partial charge on any atom is 0.573 e. The van der Waals surface area contributed by atoms with Crippen LogP contribution in [0.1, 0.15) is 10.5 Å². The Morgan fingerprint density at radius 1 is 1.24 bits per heavy atom. The summed E-state index contributed by atoms with van der Waals surface area (Å²) in [7, 11) is -3.41. The second kappa shape index (κ2) is 8.23. The van der Waals surface area contributed by atoms with Gasteiger partial charge in [0.05, 0.1) is 11.4 Å². The highest BCUT2D eigenvalue weighted by Gasteiger charge is 2.33. The van der Waals surface area contributed by atoms with Crippen molar-refractivity contribution in [2.45, 2.75) is 6.36 Å². The first-order chi connectivity index (χ1) is 15.4. The summed E-state index contributed by atoms with van der Waals surface area (Å²) in [6.07, 6.45) is -2.61. The van der Waals surface area contributed by atoms with Crippen LogP contribution in [0.3, 0.4) is 0 Å². The van der Waals surface area contributed by atoms with Crippen LogP contribution in [0.25, 0.3) is 16.9 Å². The van der Waals surface area contributed by atoms with Gasteiger partial charge in [-0.25, -0.2) is 13.1 Å². The fourth-order valence-corrected chi connectivity index (χ4v) is 4.87. The summed E-state index contributed by atoms with van der Waals surface area (Å²) in [5.41, 5.74) is 0.278. The number of alkyl halides is 3. The Balaban J connectivity index is 1.83. The van der Waals surface area contributed by atoms with Crippen molar-refractivity contribution in [2.24, 2.45) is 0 Å². The van der Waals surface area contributed by atoms with E-state index in [-0.39, 0.29) is 40.0 Å². The molecule has 1 aliphatic rings. The number of halogens is 4. The van der Waals surface area contributed by atoms with Crippen molar-refractivity contribution in [3.63, 3.8) is 0 Å². The normalized spacial score (nSPS) is 15.6. The van der Waals surface area contributed by atoms with Crippen LogP contribution in [-0.2, 0) is 9.84 Å². The lowest BCUT2D eigenvalue weighted by Gasteiger charge is -2.12. The van der Waals surface area contributed by atoms with Crippen molar-refractivity contribution in [1.29, 1.82) is 0 Å². The lowest BCUT2D eigenvalue weighted by atomic mass is 10.1. The van der Waals surface area contributed by atoms with Gasteiger partial charge in [0.25, 0.3) is 5.91 Å². The zero-order valence-corrected chi connectivity index (χ0v) is 18.1. The third kappa shape index (κ3) is 5.20. The molecule has 174 valence electrons. The average Bonchev–Trinajstić information content (AvgIpc) is 3.29. The zero-order chi connectivity index (χ0) is 24.0. The Labute approximate surface area is 190 Å². The maximum absolute atomic E-state index is 12.9. The molecule has 1 aromatic carbocycles. The van der Waals surface area contributed by atoms with Crippen LogP contribution in [0, 0.1) is 5.21 Å². The van der Waals surface area contributed by atoms with E-state index in [0.717, 1.165) is 23.2 Å². The first-order valence-electron chi connectivity index (χ1n) is 9.26. The molecule has 4 rings (SSSR count). The van der Waals surface area contributed by atoms with Crippen LogP contribution in [0.2, 0.25) is 5.02 Å². The molecule has 1 saturated heterocycles. The van der Waals surface area contributed by atoms with E-state index in [1.807, 2.05) is 0 Å². The third-order valence-corrected chi connectivity index (χ3v) is 6.37. The fourth-order valence-electron chi connectivity index (χ4n) is 3.30. The van der Waals surface area contributed by atoms with Gasteiger partial charge in [-0.05, 0) is 30.3 Å². The molecule has 33 heavy (non-hydrogen) atoms. The second-order valence-corrected chi connectivity index (χ2v) is 9.71. The predicted molar refractivity (Wildman–Crippen MR) is 109 cm³/mol. The van der Waals surface area contributed by atoms with Gasteiger partial charge < -0.3 is 14.8 Å². The number of carbonyl (C=O) groups is 1. The Hall–Kier alpha value is -3.32. The first kappa shape index (κ1) is 22.9. The summed E-state index contributed by atoms with van der Waals surface area (Å²) in [6, 6.07) is 7.54. The molecule has 3 heterocycles. The van der Waals surface area contributed by atoms with Gasteiger partial charge in [-0.1, -0.05) is 11.6 Å². The highest BCUT2D eigenvalue weighted by atomic mass is 35.5. The number of hydrogen-bond donors (Lipinski definition) is 0. The monoisotopic (exact) mass is 502 g/mol. The minimum absolute atomic E-state index is 0.0179. The van der Waals surface area contributed by atoms with Gasteiger partial charge in [0.15, 0.2) is 21.7 Å². The molecule has 14 heteroatoms. The highest BCUT2D eigenvalue weighted by molar-refractivity contribution is 7.91. The van der Waals surface area contributed by atoms with Crippen molar-refractivity contribution in [3.8, 4) is 22.7 Å². The number of rotatable bonds is 4.